The molecular weight excluding hydrogens is 372 g/mol. The van der Waals surface area contributed by atoms with E-state index in [1.165, 1.54) is 17.3 Å². The number of ether oxygens (including phenoxy) is 1. The number of amides is 1. The summed E-state index contributed by atoms with van der Waals surface area (Å²) in [6.07, 6.45) is 1.71. The van der Waals surface area contributed by atoms with Crippen LogP contribution in [0.3, 0.4) is 0 Å². The van der Waals surface area contributed by atoms with Crippen LogP contribution in [0.5, 0.6) is 5.75 Å². The van der Waals surface area contributed by atoms with Gasteiger partial charge in [-0.05, 0) is 36.2 Å². The molecule has 2 aromatic carbocycles. The second-order valence-corrected chi connectivity index (χ2v) is 7.22. The van der Waals surface area contributed by atoms with Gasteiger partial charge in [-0.3, -0.25) is 4.79 Å². The van der Waals surface area contributed by atoms with Crippen molar-refractivity contribution < 1.29 is 9.53 Å². The molecule has 0 aliphatic carbocycles. The van der Waals surface area contributed by atoms with Crippen molar-refractivity contribution >= 4 is 23.4 Å². The van der Waals surface area contributed by atoms with Gasteiger partial charge in [0.25, 0.3) is 0 Å². The average molecular weight is 397 g/mol. The number of carbonyl (C=O) groups excluding carboxylic acids is 1. The molecule has 0 bridgehead atoms. The molecule has 0 aliphatic rings. The van der Waals surface area contributed by atoms with Gasteiger partial charge in [-0.2, -0.15) is 0 Å². The molecule has 0 unspecified atom stereocenters. The minimum Gasteiger partial charge on any atom is -0.497 e. The largest absolute Gasteiger partial charge is 0.497 e. The van der Waals surface area contributed by atoms with E-state index in [4.69, 9.17) is 4.74 Å². The molecule has 1 aromatic heterocycles. The molecule has 1 N–H and O–H groups in total. The highest BCUT2D eigenvalue weighted by atomic mass is 32.2. The number of carbonyl (C=O) groups is 1. The number of aromatic nitrogens is 3. The Balaban J connectivity index is 1.62. The molecule has 0 fully saturated rings. The number of thioether (sulfide) groups is 1. The fourth-order valence-electron chi connectivity index (χ4n) is 2.78. The van der Waals surface area contributed by atoms with Crippen LogP contribution in [0.15, 0.2) is 59.8 Å². The first-order chi connectivity index (χ1) is 13.7. The fraction of sp³-hybridized carbons (Fsp3) is 0.286. The van der Waals surface area contributed by atoms with E-state index in [0.29, 0.717) is 0 Å². The molecule has 3 aromatic rings. The molecule has 28 heavy (non-hydrogen) atoms. The van der Waals surface area contributed by atoms with Crippen molar-refractivity contribution in [1.29, 1.82) is 0 Å². The SMILES string of the molecule is CCCn1c(Cc2ccccc2)nnc1SCC(=O)Nc1ccc(OC)cc1. The zero-order valence-corrected chi connectivity index (χ0v) is 16.9. The summed E-state index contributed by atoms with van der Waals surface area (Å²) in [5.74, 6) is 1.88. The third-order valence-corrected chi connectivity index (χ3v) is 5.12. The van der Waals surface area contributed by atoms with Gasteiger partial charge in [-0.25, -0.2) is 0 Å². The average Bonchev–Trinajstić information content (AvgIpc) is 3.09. The predicted octanol–water partition coefficient (Wildman–Crippen LogP) is 4.02. The highest BCUT2D eigenvalue weighted by Crippen LogP contribution is 2.20. The van der Waals surface area contributed by atoms with Gasteiger partial charge >= 0.3 is 0 Å². The number of hydrogen-bond donors (Lipinski definition) is 1. The van der Waals surface area contributed by atoms with Crippen LogP contribution in [0, 0.1) is 0 Å². The van der Waals surface area contributed by atoms with Gasteiger partial charge in [-0.15, -0.1) is 10.2 Å². The zero-order chi connectivity index (χ0) is 19.8. The van der Waals surface area contributed by atoms with Crippen molar-refractivity contribution in [2.45, 2.75) is 31.5 Å². The van der Waals surface area contributed by atoms with Crippen LogP contribution in [-0.4, -0.2) is 33.5 Å². The standard InChI is InChI=1S/C21H24N4O2S/c1-3-13-25-19(14-16-7-5-4-6-8-16)23-24-21(25)28-15-20(26)22-17-9-11-18(27-2)12-10-17/h4-12H,3,13-15H2,1-2H3,(H,22,26). The maximum atomic E-state index is 12.3. The Kier molecular flexibility index (Phi) is 7.08. The number of methoxy groups -OCH3 is 1. The maximum Gasteiger partial charge on any atom is 0.234 e. The number of nitrogens with zero attached hydrogens (tertiary/aromatic N) is 3. The fourth-order valence-corrected chi connectivity index (χ4v) is 3.57. The van der Waals surface area contributed by atoms with Crippen LogP contribution in [0.4, 0.5) is 5.69 Å². The molecule has 1 amide bonds. The first-order valence-corrected chi connectivity index (χ1v) is 10.2. The molecule has 0 spiro atoms. The minimum atomic E-state index is -0.0779. The van der Waals surface area contributed by atoms with Gasteiger partial charge < -0.3 is 14.6 Å². The van der Waals surface area contributed by atoms with Crippen LogP contribution >= 0.6 is 11.8 Å². The van der Waals surface area contributed by atoms with Gasteiger partial charge in [0.15, 0.2) is 5.16 Å². The van der Waals surface area contributed by atoms with E-state index in [-0.39, 0.29) is 11.7 Å². The summed E-state index contributed by atoms with van der Waals surface area (Å²) >= 11 is 1.41. The Morgan fingerprint density at radius 2 is 1.86 bits per heavy atom. The highest BCUT2D eigenvalue weighted by Gasteiger charge is 2.14. The molecule has 3 rings (SSSR count). The van der Waals surface area contributed by atoms with Crippen molar-refractivity contribution in [2.24, 2.45) is 0 Å². The van der Waals surface area contributed by atoms with E-state index in [1.807, 2.05) is 42.5 Å². The van der Waals surface area contributed by atoms with Crippen molar-refractivity contribution in [3.63, 3.8) is 0 Å². The molecule has 7 heteroatoms. The first kappa shape index (κ1) is 19.9. The molecule has 6 nitrogen and oxygen atoms in total. The summed E-state index contributed by atoms with van der Waals surface area (Å²) < 4.78 is 7.24. The van der Waals surface area contributed by atoms with Crippen LogP contribution in [0.2, 0.25) is 0 Å². The summed E-state index contributed by atoms with van der Waals surface area (Å²) in [4.78, 5) is 12.3. The van der Waals surface area contributed by atoms with Crippen molar-refractivity contribution in [3.8, 4) is 5.75 Å². The summed E-state index contributed by atoms with van der Waals surface area (Å²) in [5, 5.41) is 12.3. The van der Waals surface area contributed by atoms with Crippen molar-refractivity contribution in [1.82, 2.24) is 14.8 Å². The second-order valence-electron chi connectivity index (χ2n) is 6.28. The third-order valence-electron chi connectivity index (χ3n) is 4.15. The zero-order valence-electron chi connectivity index (χ0n) is 16.1. The first-order valence-electron chi connectivity index (χ1n) is 9.22. The Hall–Kier alpha value is -2.80. The number of hydrogen-bond acceptors (Lipinski definition) is 5. The maximum absolute atomic E-state index is 12.3. The van der Waals surface area contributed by atoms with E-state index in [1.54, 1.807) is 7.11 Å². The van der Waals surface area contributed by atoms with E-state index in [2.05, 4.69) is 39.1 Å². The van der Waals surface area contributed by atoms with E-state index in [9.17, 15) is 4.79 Å². The highest BCUT2D eigenvalue weighted by molar-refractivity contribution is 7.99. The van der Waals surface area contributed by atoms with E-state index >= 15 is 0 Å². The molecule has 0 saturated heterocycles. The van der Waals surface area contributed by atoms with Crippen LogP contribution in [0.1, 0.15) is 24.7 Å². The summed E-state index contributed by atoms with van der Waals surface area (Å²) in [6, 6.07) is 17.5. The van der Waals surface area contributed by atoms with Gasteiger partial charge in [0, 0.05) is 18.7 Å². The van der Waals surface area contributed by atoms with Gasteiger partial charge in [0.1, 0.15) is 11.6 Å². The van der Waals surface area contributed by atoms with Crippen LogP contribution in [-0.2, 0) is 17.8 Å². The van der Waals surface area contributed by atoms with Gasteiger partial charge in [0.2, 0.25) is 5.91 Å². The van der Waals surface area contributed by atoms with Crippen LogP contribution in [0.25, 0.3) is 0 Å². The molecule has 1 heterocycles. The topological polar surface area (TPSA) is 69.0 Å². The van der Waals surface area contributed by atoms with E-state index in [0.717, 1.165) is 41.8 Å². The molecule has 0 aliphatic heterocycles. The van der Waals surface area contributed by atoms with Gasteiger partial charge in [0.05, 0.1) is 12.9 Å². The lowest BCUT2D eigenvalue weighted by molar-refractivity contribution is -0.113. The lowest BCUT2D eigenvalue weighted by Crippen LogP contribution is -2.15. The second kappa shape index (κ2) is 9.94. The lowest BCUT2D eigenvalue weighted by Gasteiger charge is -2.09. The summed E-state index contributed by atoms with van der Waals surface area (Å²) in [5.41, 5.74) is 1.94. The molecule has 0 radical (unpaired) electrons. The monoisotopic (exact) mass is 396 g/mol. The number of nitrogens with one attached hydrogen (secondary N) is 1. The molecule has 0 saturated carbocycles. The lowest BCUT2D eigenvalue weighted by atomic mass is 10.1. The third kappa shape index (κ3) is 5.36. The van der Waals surface area contributed by atoms with Gasteiger partial charge in [-0.1, -0.05) is 49.0 Å². The van der Waals surface area contributed by atoms with Crippen molar-refractivity contribution in [2.75, 3.05) is 18.2 Å². The smallest absolute Gasteiger partial charge is 0.234 e. The summed E-state index contributed by atoms with van der Waals surface area (Å²) in [6.45, 7) is 2.95. The number of benzene rings is 2. The Labute approximate surface area is 169 Å². The minimum absolute atomic E-state index is 0.0779. The molecule has 0 atom stereocenters. The van der Waals surface area contributed by atoms with Crippen LogP contribution < -0.4 is 10.1 Å². The van der Waals surface area contributed by atoms with E-state index < -0.39 is 0 Å². The predicted molar refractivity (Wildman–Crippen MR) is 112 cm³/mol. The molecule has 146 valence electrons. The van der Waals surface area contributed by atoms with Crippen molar-refractivity contribution in [3.05, 3.63) is 66.0 Å². The normalized spacial score (nSPS) is 10.6. The molecular formula is C21H24N4O2S. The Morgan fingerprint density at radius 3 is 2.54 bits per heavy atom. The number of anilines is 1. The quantitative estimate of drug-likeness (QED) is 0.553. The summed E-state index contributed by atoms with van der Waals surface area (Å²) in [7, 11) is 1.61. The number of rotatable bonds is 9. The Bertz CT molecular complexity index is 895. The Morgan fingerprint density at radius 1 is 1.11 bits per heavy atom.